The van der Waals surface area contributed by atoms with E-state index in [4.69, 9.17) is 11.6 Å². The number of hydrogen-bond donors (Lipinski definition) is 3. The number of likely N-dealkylation sites (N-methyl/N-ethyl adjacent to an activating group) is 1. The molecule has 1 amide bonds. The standard InChI is InChI=1S/C28H33ClN4O3/c1-31(2)12-13-33(19-35)27-7-6-21(17-26(27)29)24-4-3-5-25(28(24)36)22-14-20(18-34)15-23(16-22)32-10-8-30-9-11-32/h3-7,14-17,19,30,34,36H,8-13,18H2,1-2H3. The second-order valence-corrected chi connectivity index (χ2v) is 9.66. The minimum atomic E-state index is -0.0779. The normalized spacial score (nSPS) is 13.8. The number of nitrogens with zero attached hydrogens (tertiary/aromatic N) is 3. The Labute approximate surface area is 217 Å². The van der Waals surface area contributed by atoms with Crippen LogP contribution in [0, 0.1) is 0 Å². The lowest BCUT2D eigenvalue weighted by molar-refractivity contribution is -0.107. The maximum atomic E-state index is 11.7. The number of benzene rings is 3. The Bertz CT molecular complexity index is 1210. The van der Waals surface area contributed by atoms with Crippen molar-refractivity contribution < 1.29 is 15.0 Å². The molecule has 0 radical (unpaired) electrons. The molecule has 8 heteroatoms. The molecule has 0 aliphatic carbocycles. The van der Waals surface area contributed by atoms with Crippen LogP contribution >= 0.6 is 11.6 Å². The van der Waals surface area contributed by atoms with Gasteiger partial charge in [-0.1, -0.05) is 35.9 Å². The molecule has 1 aliphatic rings. The number of hydrogen-bond acceptors (Lipinski definition) is 6. The Morgan fingerprint density at radius 2 is 1.72 bits per heavy atom. The van der Waals surface area contributed by atoms with Gasteiger partial charge in [0, 0.05) is 56.1 Å². The van der Waals surface area contributed by atoms with Crippen LogP contribution in [0.1, 0.15) is 5.56 Å². The van der Waals surface area contributed by atoms with E-state index >= 15 is 0 Å². The Balaban J connectivity index is 1.69. The van der Waals surface area contributed by atoms with E-state index in [1.165, 1.54) is 0 Å². The Kier molecular flexibility index (Phi) is 8.48. The van der Waals surface area contributed by atoms with Crippen LogP contribution in [0.25, 0.3) is 22.3 Å². The number of phenols is 1. The van der Waals surface area contributed by atoms with Gasteiger partial charge in [-0.25, -0.2) is 0 Å². The summed E-state index contributed by atoms with van der Waals surface area (Å²) in [5.74, 6) is 0.141. The van der Waals surface area contributed by atoms with Gasteiger partial charge in [0.2, 0.25) is 6.41 Å². The fourth-order valence-electron chi connectivity index (χ4n) is 4.48. The van der Waals surface area contributed by atoms with Crippen molar-refractivity contribution in [3.8, 4) is 28.0 Å². The number of para-hydroxylation sites is 1. The Morgan fingerprint density at radius 1 is 1.00 bits per heavy atom. The molecule has 36 heavy (non-hydrogen) atoms. The number of carbonyl (C=O) groups excluding carboxylic acids is 1. The monoisotopic (exact) mass is 508 g/mol. The number of rotatable bonds is 9. The van der Waals surface area contributed by atoms with Crippen LogP contribution in [0.5, 0.6) is 5.75 Å². The minimum absolute atomic E-state index is 0.0779. The van der Waals surface area contributed by atoms with Gasteiger partial charge in [0.1, 0.15) is 5.75 Å². The summed E-state index contributed by atoms with van der Waals surface area (Å²) in [5, 5.41) is 25.0. The average molecular weight is 509 g/mol. The van der Waals surface area contributed by atoms with Crippen molar-refractivity contribution in [2.24, 2.45) is 0 Å². The first-order valence-electron chi connectivity index (χ1n) is 12.1. The smallest absolute Gasteiger partial charge is 0.214 e. The van der Waals surface area contributed by atoms with E-state index in [0.717, 1.165) is 55.0 Å². The average Bonchev–Trinajstić information content (AvgIpc) is 2.90. The molecule has 3 aromatic carbocycles. The van der Waals surface area contributed by atoms with Crippen LogP contribution in [0.2, 0.25) is 5.02 Å². The predicted molar refractivity (Wildman–Crippen MR) is 147 cm³/mol. The molecule has 190 valence electrons. The number of aliphatic hydroxyl groups is 1. The molecule has 1 saturated heterocycles. The van der Waals surface area contributed by atoms with Crippen molar-refractivity contribution in [2.45, 2.75) is 6.61 Å². The van der Waals surface area contributed by atoms with Gasteiger partial charge in [0.15, 0.2) is 0 Å². The summed E-state index contributed by atoms with van der Waals surface area (Å²) in [6, 6.07) is 17.0. The maximum absolute atomic E-state index is 11.7. The zero-order valence-electron chi connectivity index (χ0n) is 20.7. The van der Waals surface area contributed by atoms with Gasteiger partial charge in [-0.3, -0.25) is 4.79 Å². The highest BCUT2D eigenvalue weighted by Gasteiger charge is 2.17. The summed E-state index contributed by atoms with van der Waals surface area (Å²) < 4.78 is 0. The first-order chi connectivity index (χ1) is 17.4. The molecule has 7 nitrogen and oxygen atoms in total. The molecule has 0 spiro atoms. The molecule has 1 aliphatic heterocycles. The molecule has 0 unspecified atom stereocenters. The maximum Gasteiger partial charge on any atom is 0.214 e. The van der Waals surface area contributed by atoms with Crippen molar-refractivity contribution in [1.82, 2.24) is 10.2 Å². The molecule has 0 aromatic heterocycles. The minimum Gasteiger partial charge on any atom is -0.507 e. The second kappa shape index (κ2) is 11.8. The lowest BCUT2D eigenvalue weighted by Gasteiger charge is -2.30. The highest BCUT2D eigenvalue weighted by Crippen LogP contribution is 2.41. The van der Waals surface area contributed by atoms with Gasteiger partial charge in [-0.2, -0.15) is 0 Å². The van der Waals surface area contributed by atoms with Crippen LogP contribution in [0.4, 0.5) is 11.4 Å². The molecule has 0 atom stereocenters. The van der Waals surface area contributed by atoms with E-state index in [0.29, 0.717) is 34.9 Å². The van der Waals surface area contributed by atoms with Gasteiger partial charge < -0.3 is 30.2 Å². The highest BCUT2D eigenvalue weighted by atomic mass is 35.5. The molecule has 3 aromatic rings. The van der Waals surface area contributed by atoms with Gasteiger partial charge in [0.25, 0.3) is 0 Å². The van der Waals surface area contributed by atoms with E-state index < -0.39 is 0 Å². The lowest BCUT2D eigenvalue weighted by Crippen LogP contribution is -2.43. The van der Waals surface area contributed by atoms with Gasteiger partial charge in [-0.05, 0) is 61.1 Å². The van der Waals surface area contributed by atoms with E-state index in [1.54, 1.807) is 11.0 Å². The van der Waals surface area contributed by atoms with Gasteiger partial charge in [-0.15, -0.1) is 0 Å². The summed E-state index contributed by atoms with van der Waals surface area (Å²) in [6.45, 7) is 4.75. The van der Waals surface area contributed by atoms with E-state index in [9.17, 15) is 15.0 Å². The SMILES string of the molecule is CN(C)CCN(C=O)c1ccc(-c2cccc(-c3cc(CO)cc(N4CCNCC4)c3)c2O)cc1Cl. The molecular formula is C28H33ClN4O3. The van der Waals surface area contributed by atoms with Crippen LogP contribution in [-0.4, -0.2) is 74.9 Å². The van der Waals surface area contributed by atoms with Crippen molar-refractivity contribution >= 4 is 29.4 Å². The topological polar surface area (TPSA) is 79.3 Å². The van der Waals surface area contributed by atoms with Crippen molar-refractivity contribution in [3.63, 3.8) is 0 Å². The number of carbonyl (C=O) groups is 1. The van der Waals surface area contributed by atoms with Gasteiger partial charge >= 0.3 is 0 Å². The predicted octanol–water partition coefficient (Wildman–Crippen LogP) is 3.81. The molecule has 0 saturated carbocycles. The van der Waals surface area contributed by atoms with E-state index in [2.05, 4.69) is 16.3 Å². The Morgan fingerprint density at radius 3 is 2.36 bits per heavy atom. The number of phenolic OH excluding ortho intramolecular Hbond substituents is 1. The fraction of sp³-hybridized carbons (Fsp3) is 0.321. The van der Waals surface area contributed by atoms with E-state index in [1.807, 2.05) is 61.5 Å². The molecule has 3 N–H and O–H groups in total. The Hall–Kier alpha value is -3.10. The molecular weight excluding hydrogens is 476 g/mol. The van der Waals surface area contributed by atoms with Crippen LogP contribution in [-0.2, 0) is 11.4 Å². The zero-order valence-corrected chi connectivity index (χ0v) is 21.5. The summed E-state index contributed by atoms with van der Waals surface area (Å²) in [7, 11) is 3.90. The second-order valence-electron chi connectivity index (χ2n) is 9.25. The number of nitrogens with one attached hydrogen (secondary N) is 1. The zero-order chi connectivity index (χ0) is 25.7. The molecule has 1 heterocycles. The van der Waals surface area contributed by atoms with Crippen molar-refractivity contribution in [1.29, 1.82) is 0 Å². The quantitative estimate of drug-likeness (QED) is 0.381. The molecule has 4 rings (SSSR count). The lowest BCUT2D eigenvalue weighted by atomic mass is 9.95. The number of anilines is 2. The molecule has 0 bridgehead atoms. The highest BCUT2D eigenvalue weighted by molar-refractivity contribution is 6.34. The van der Waals surface area contributed by atoms with E-state index in [-0.39, 0.29) is 12.4 Å². The van der Waals surface area contributed by atoms with Crippen molar-refractivity contribution in [2.75, 3.05) is 63.2 Å². The number of piperazine rings is 1. The number of aromatic hydroxyl groups is 1. The summed E-state index contributed by atoms with van der Waals surface area (Å²) in [6.07, 6.45) is 0.784. The van der Waals surface area contributed by atoms with Gasteiger partial charge in [0.05, 0.1) is 17.3 Å². The summed E-state index contributed by atoms with van der Waals surface area (Å²) in [4.78, 5) is 17.5. The fourth-order valence-corrected chi connectivity index (χ4v) is 4.77. The third kappa shape index (κ3) is 5.82. The van der Waals surface area contributed by atoms with Crippen LogP contribution in [0.15, 0.2) is 54.6 Å². The first-order valence-corrected chi connectivity index (χ1v) is 12.5. The third-order valence-electron chi connectivity index (χ3n) is 6.47. The number of halogens is 1. The number of amides is 1. The largest absolute Gasteiger partial charge is 0.507 e. The summed E-state index contributed by atoms with van der Waals surface area (Å²) in [5.41, 5.74) is 5.37. The summed E-state index contributed by atoms with van der Waals surface area (Å²) >= 11 is 6.59. The van der Waals surface area contributed by atoms with Crippen molar-refractivity contribution in [3.05, 3.63) is 65.2 Å². The number of aliphatic hydroxyl groups excluding tert-OH is 1. The van der Waals surface area contributed by atoms with Crippen LogP contribution < -0.4 is 15.1 Å². The third-order valence-corrected chi connectivity index (χ3v) is 6.78. The van der Waals surface area contributed by atoms with Crippen LogP contribution in [0.3, 0.4) is 0 Å². The molecule has 1 fully saturated rings. The first kappa shape index (κ1) is 26.0.